The van der Waals surface area contributed by atoms with Crippen molar-refractivity contribution in [1.29, 1.82) is 0 Å². The first-order chi connectivity index (χ1) is 10.5. The lowest BCUT2D eigenvalue weighted by Gasteiger charge is -2.21. The Morgan fingerprint density at radius 3 is 2.45 bits per heavy atom. The van der Waals surface area contributed by atoms with Crippen LogP contribution < -0.4 is 5.32 Å². The molecule has 1 rings (SSSR count). The number of carbonyl (C=O) groups is 1. The van der Waals surface area contributed by atoms with Crippen molar-refractivity contribution in [3.05, 3.63) is 42.0 Å². The maximum absolute atomic E-state index is 11.4. The molecule has 22 heavy (non-hydrogen) atoms. The van der Waals surface area contributed by atoms with Crippen molar-refractivity contribution in [1.82, 2.24) is 0 Å². The number of aliphatic hydroxyl groups is 2. The Morgan fingerprint density at radius 2 is 1.95 bits per heavy atom. The van der Waals surface area contributed by atoms with Gasteiger partial charge < -0.3 is 20.3 Å². The summed E-state index contributed by atoms with van der Waals surface area (Å²) in [6.45, 7) is 3.61. The summed E-state index contributed by atoms with van der Waals surface area (Å²) in [5, 5.41) is 20.6. The van der Waals surface area contributed by atoms with E-state index in [1.807, 2.05) is 31.2 Å². The average molecular weight is 307 g/mol. The molecule has 3 atom stereocenters. The van der Waals surface area contributed by atoms with Crippen molar-refractivity contribution >= 4 is 11.6 Å². The van der Waals surface area contributed by atoms with E-state index in [-0.39, 0.29) is 18.6 Å². The van der Waals surface area contributed by atoms with Gasteiger partial charge in [0.05, 0.1) is 6.10 Å². The molecule has 5 heteroatoms. The number of hydrogen-bond donors (Lipinski definition) is 3. The number of benzene rings is 1. The third-order valence-corrected chi connectivity index (χ3v) is 3.35. The Kier molecular flexibility index (Phi) is 7.80. The number of carbonyl (C=O) groups excluding carboxylic acids is 1. The van der Waals surface area contributed by atoms with Gasteiger partial charge >= 0.3 is 0 Å². The Morgan fingerprint density at radius 1 is 1.32 bits per heavy atom. The van der Waals surface area contributed by atoms with Crippen molar-refractivity contribution in [2.75, 3.05) is 19.0 Å². The van der Waals surface area contributed by atoms with Crippen LogP contribution in [0.5, 0.6) is 0 Å². The topological polar surface area (TPSA) is 78.8 Å². The van der Waals surface area contributed by atoms with E-state index in [2.05, 4.69) is 5.32 Å². The van der Waals surface area contributed by atoms with E-state index in [9.17, 15) is 9.90 Å². The molecule has 3 N–H and O–H groups in total. The summed E-state index contributed by atoms with van der Waals surface area (Å²) in [6.07, 6.45) is 3.45. The summed E-state index contributed by atoms with van der Waals surface area (Å²) in [7, 11) is 1.66. The molecule has 0 radical (unpaired) electrons. The van der Waals surface area contributed by atoms with Gasteiger partial charge in [0.1, 0.15) is 6.10 Å². The molecule has 0 aliphatic heterocycles. The molecule has 0 aliphatic carbocycles. The highest BCUT2D eigenvalue weighted by Crippen LogP contribution is 2.27. The quantitative estimate of drug-likeness (QED) is 0.644. The van der Waals surface area contributed by atoms with Gasteiger partial charge in [-0.25, -0.2) is 0 Å². The van der Waals surface area contributed by atoms with Gasteiger partial charge in [0.25, 0.3) is 5.91 Å². The molecule has 1 aromatic rings. The van der Waals surface area contributed by atoms with Crippen LogP contribution in [0.2, 0.25) is 0 Å². The number of hydrogen-bond acceptors (Lipinski definition) is 4. The molecular weight excluding hydrogens is 282 g/mol. The van der Waals surface area contributed by atoms with Crippen LogP contribution in [-0.2, 0) is 9.53 Å². The van der Waals surface area contributed by atoms with Crippen LogP contribution in [0.4, 0.5) is 5.69 Å². The van der Waals surface area contributed by atoms with Gasteiger partial charge in [-0.05, 0) is 31.0 Å². The molecule has 0 heterocycles. The Labute approximate surface area is 131 Å². The predicted molar refractivity (Wildman–Crippen MR) is 86.5 cm³/mol. The summed E-state index contributed by atoms with van der Waals surface area (Å²) in [5.74, 6) is -0.272. The van der Waals surface area contributed by atoms with Crippen LogP contribution in [0.25, 0.3) is 0 Å². The molecule has 5 nitrogen and oxygen atoms in total. The maximum atomic E-state index is 11.4. The minimum Gasteiger partial charge on any atom is -0.396 e. The number of amides is 1. The van der Waals surface area contributed by atoms with E-state index in [0.717, 1.165) is 5.56 Å². The number of anilines is 1. The summed E-state index contributed by atoms with van der Waals surface area (Å²) >= 11 is 0. The highest BCUT2D eigenvalue weighted by Gasteiger charge is 2.17. The van der Waals surface area contributed by atoms with Crippen LogP contribution in [0.15, 0.2) is 36.4 Å². The first-order valence-corrected chi connectivity index (χ1v) is 7.38. The third-order valence-electron chi connectivity index (χ3n) is 3.35. The zero-order valence-corrected chi connectivity index (χ0v) is 13.3. The van der Waals surface area contributed by atoms with Crippen molar-refractivity contribution < 1.29 is 19.7 Å². The van der Waals surface area contributed by atoms with Gasteiger partial charge in [0.2, 0.25) is 0 Å². The smallest absolute Gasteiger partial charge is 0.252 e. The van der Waals surface area contributed by atoms with E-state index < -0.39 is 12.0 Å². The second-order valence-electron chi connectivity index (χ2n) is 5.24. The highest BCUT2D eigenvalue weighted by atomic mass is 16.5. The second-order valence-corrected chi connectivity index (χ2v) is 5.24. The largest absolute Gasteiger partial charge is 0.396 e. The lowest BCUT2D eigenvalue weighted by Crippen LogP contribution is -2.24. The van der Waals surface area contributed by atoms with Gasteiger partial charge in [-0.15, -0.1) is 0 Å². The number of aliphatic hydroxyl groups excluding tert-OH is 2. The number of methoxy groups -OCH3 is 1. The number of ether oxygens (including phenoxy) is 1. The lowest BCUT2D eigenvalue weighted by atomic mass is 9.96. The van der Waals surface area contributed by atoms with Gasteiger partial charge in [-0.2, -0.15) is 0 Å². The zero-order valence-electron chi connectivity index (χ0n) is 13.3. The van der Waals surface area contributed by atoms with Crippen LogP contribution in [0.1, 0.15) is 31.9 Å². The molecule has 0 saturated heterocycles. The van der Waals surface area contributed by atoms with Crippen LogP contribution in [-0.4, -0.2) is 35.9 Å². The van der Waals surface area contributed by atoms with Crippen molar-refractivity contribution in [3.8, 4) is 0 Å². The molecule has 122 valence electrons. The molecular formula is C17H25NO4. The van der Waals surface area contributed by atoms with E-state index in [1.165, 1.54) is 6.92 Å². The standard InChI is InChI=1S/C17H25NO4/c1-12(6-4-5-11-19)16(22-3)14-7-9-15(10-8-14)18-17(21)13(2)20/h4,6-10,12-13,16,19-20H,5,11H2,1-3H3,(H,18,21)/b6-4+/t12-,13-,16+/m0/s1. The first-order valence-electron chi connectivity index (χ1n) is 7.38. The summed E-state index contributed by atoms with van der Waals surface area (Å²) in [4.78, 5) is 11.4. The van der Waals surface area contributed by atoms with Crippen LogP contribution in [0.3, 0.4) is 0 Å². The van der Waals surface area contributed by atoms with E-state index in [0.29, 0.717) is 12.1 Å². The zero-order chi connectivity index (χ0) is 16.5. The highest BCUT2D eigenvalue weighted by molar-refractivity contribution is 5.93. The maximum Gasteiger partial charge on any atom is 0.252 e. The molecule has 0 aliphatic rings. The fourth-order valence-corrected chi connectivity index (χ4v) is 2.14. The Hall–Kier alpha value is -1.69. The van der Waals surface area contributed by atoms with Crippen LogP contribution in [0, 0.1) is 5.92 Å². The van der Waals surface area contributed by atoms with Crippen molar-refractivity contribution in [3.63, 3.8) is 0 Å². The Balaban J connectivity index is 2.76. The minimum atomic E-state index is -1.04. The third kappa shape index (κ3) is 5.60. The van der Waals surface area contributed by atoms with Crippen LogP contribution >= 0.6 is 0 Å². The summed E-state index contributed by atoms with van der Waals surface area (Å²) < 4.78 is 5.55. The normalized spacial score (nSPS) is 15.5. The van der Waals surface area contributed by atoms with E-state index in [4.69, 9.17) is 9.84 Å². The van der Waals surface area contributed by atoms with Gasteiger partial charge in [0.15, 0.2) is 0 Å². The predicted octanol–water partition coefficient (Wildman–Crippen LogP) is 2.27. The summed E-state index contributed by atoms with van der Waals surface area (Å²) in [5.41, 5.74) is 1.63. The molecule has 1 amide bonds. The number of nitrogens with one attached hydrogen (secondary N) is 1. The molecule has 0 spiro atoms. The van der Waals surface area contributed by atoms with Gasteiger partial charge in [-0.3, -0.25) is 4.79 Å². The molecule has 0 aromatic heterocycles. The fourth-order valence-electron chi connectivity index (χ4n) is 2.14. The number of rotatable bonds is 8. The van der Waals surface area contributed by atoms with Crippen molar-refractivity contribution in [2.45, 2.75) is 32.5 Å². The first kappa shape index (κ1) is 18.4. The molecule has 0 unspecified atom stereocenters. The summed E-state index contributed by atoms with van der Waals surface area (Å²) in [6, 6.07) is 7.35. The molecule has 0 saturated carbocycles. The minimum absolute atomic E-state index is 0.101. The SMILES string of the molecule is CO[C@@H](c1ccc(NC(=O)[C@H](C)O)cc1)[C@@H](C)/C=C/CCO. The second kappa shape index (κ2) is 9.35. The van der Waals surface area contributed by atoms with E-state index >= 15 is 0 Å². The van der Waals surface area contributed by atoms with E-state index in [1.54, 1.807) is 19.2 Å². The average Bonchev–Trinajstić information content (AvgIpc) is 2.50. The van der Waals surface area contributed by atoms with Gasteiger partial charge in [0, 0.05) is 25.3 Å². The fraction of sp³-hybridized carbons (Fsp3) is 0.471. The molecule has 0 bridgehead atoms. The molecule has 0 fully saturated rings. The Bertz CT molecular complexity index is 482. The molecule has 1 aromatic carbocycles. The lowest BCUT2D eigenvalue weighted by molar-refractivity contribution is -0.123. The van der Waals surface area contributed by atoms with Gasteiger partial charge in [-0.1, -0.05) is 31.2 Å². The monoisotopic (exact) mass is 307 g/mol. The van der Waals surface area contributed by atoms with Crippen molar-refractivity contribution in [2.24, 2.45) is 5.92 Å².